The molecule has 0 bridgehead atoms. The Kier molecular flexibility index (Phi) is 2.48. The molecule has 4 heteroatoms. The number of nitrogens with two attached hydrogens (primary N) is 1. The normalized spacial score (nSPS) is 10.4. The smallest absolute Gasteiger partial charge is 0.0901 e. The van der Waals surface area contributed by atoms with Crippen LogP contribution in [0.3, 0.4) is 0 Å². The summed E-state index contributed by atoms with van der Waals surface area (Å²) in [6, 6.07) is 0. The predicted molar refractivity (Wildman–Crippen MR) is 43.0 cm³/mol. The second-order valence-electron chi connectivity index (χ2n) is 2.30. The number of nitrogens with zero attached hydrogens (tertiary/aromatic N) is 2. The van der Waals surface area contributed by atoms with E-state index in [9.17, 15) is 0 Å². The molecule has 1 heterocycles. The van der Waals surface area contributed by atoms with Crippen LogP contribution in [0.5, 0.6) is 0 Å². The Morgan fingerprint density at radius 2 is 2.45 bits per heavy atom. The van der Waals surface area contributed by atoms with Crippen molar-refractivity contribution >= 4 is 5.69 Å². The van der Waals surface area contributed by atoms with E-state index < -0.39 is 0 Å². The third-order valence-electron chi connectivity index (χ3n) is 1.56. The minimum absolute atomic E-state index is 0.527. The van der Waals surface area contributed by atoms with Gasteiger partial charge in [-0.15, -0.1) is 0 Å². The highest BCUT2D eigenvalue weighted by molar-refractivity contribution is 5.40. The molecule has 0 amide bonds. The molecule has 4 nitrogen and oxygen atoms in total. The zero-order valence-corrected chi connectivity index (χ0v) is 6.87. The van der Waals surface area contributed by atoms with E-state index in [1.54, 1.807) is 13.3 Å². The first-order valence-electron chi connectivity index (χ1n) is 3.58. The number of hydrogen-bond donors (Lipinski definition) is 1. The molecule has 0 saturated heterocycles. The molecule has 0 aliphatic rings. The second kappa shape index (κ2) is 3.39. The lowest BCUT2D eigenvalue weighted by Crippen LogP contribution is -2.04. The number of methoxy groups -OCH3 is 1. The van der Waals surface area contributed by atoms with Gasteiger partial charge >= 0.3 is 0 Å². The van der Waals surface area contributed by atoms with E-state index in [1.165, 1.54) is 0 Å². The van der Waals surface area contributed by atoms with Gasteiger partial charge in [0.25, 0.3) is 0 Å². The molecule has 0 saturated carbocycles. The zero-order valence-electron chi connectivity index (χ0n) is 6.87. The molecule has 11 heavy (non-hydrogen) atoms. The van der Waals surface area contributed by atoms with Gasteiger partial charge in [0, 0.05) is 13.7 Å². The average Bonchev–Trinajstić information content (AvgIpc) is 2.34. The van der Waals surface area contributed by atoms with E-state index in [0.717, 1.165) is 12.2 Å². The number of aryl methyl sites for hydroxylation is 1. The fourth-order valence-electron chi connectivity index (χ4n) is 0.992. The van der Waals surface area contributed by atoms with Gasteiger partial charge in [-0.05, 0) is 6.92 Å². The largest absolute Gasteiger partial charge is 0.396 e. The van der Waals surface area contributed by atoms with Crippen molar-refractivity contribution in [3.8, 4) is 0 Å². The fraction of sp³-hybridized carbons (Fsp3) is 0.571. The van der Waals surface area contributed by atoms with Crippen LogP contribution >= 0.6 is 0 Å². The van der Waals surface area contributed by atoms with Crippen LogP contribution in [0.2, 0.25) is 0 Å². The van der Waals surface area contributed by atoms with E-state index in [4.69, 9.17) is 10.5 Å². The van der Waals surface area contributed by atoms with E-state index >= 15 is 0 Å². The van der Waals surface area contributed by atoms with Crippen LogP contribution in [-0.4, -0.2) is 16.9 Å². The van der Waals surface area contributed by atoms with Crippen molar-refractivity contribution in [3.63, 3.8) is 0 Å². The monoisotopic (exact) mass is 155 g/mol. The van der Waals surface area contributed by atoms with E-state index in [1.807, 2.05) is 11.6 Å². The number of nitrogen functional groups attached to an aromatic ring is 1. The zero-order chi connectivity index (χ0) is 8.27. The summed E-state index contributed by atoms with van der Waals surface area (Å²) in [5.74, 6) is 0. The van der Waals surface area contributed by atoms with Crippen molar-refractivity contribution < 1.29 is 4.74 Å². The fourth-order valence-corrected chi connectivity index (χ4v) is 0.992. The maximum Gasteiger partial charge on any atom is 0.0901 e. The van der Waals surface area contributed by atoms with Crippen molar-refractivity contribution in [1.29, 1.82) is 0 Å². The maximum atomic E-state index is 5.64. The van der Waals surface area contributed by atoms with Crippen molar-refractivity contribution in [2.45, 2.75) is 20.1 Å². The molecule has 1 rings (SSSR count). The molecule has 2 N–H and O–H groups in total. The lowest BCUT2D eigenvalue weighted by Gasteiger charge is -2.03. The van der Waals surface area contributed by atoms with E-state index in [-0.39, 0.29) is 0 Å². The molecule has 0 aliphatic carbocycles. The third kappa shape index (κ3) is 1.51. The van der Waals surface area contributed by atoms with Crippen molar-refractivity contribution in [2.24, 2.45) is 0 Å². The van der Waals surface area contributed by atoms with Gasteiger partial charge in [-0.3, -0.25) is 4.68 Å². The summed E-state index contributed by atoms with van der Waals surface area (Å²) >= 11 is 0. The first-order chi connectivity index (χ1) is 5.29. The first-order valence-corrected chi connectivity index (χ1v) is 3.58. The predicted octanol–water partition coefficient (Wildman–Crippen LogP) is 0.632. The Morgan fingerprint density at radius 3 is 3.00 bits per heavy atom. The van der Waals surface area contributed by atoms with Crippen LogP contribution < -0.4 is 5.73 Å². The number of anilines is 1. The summed E-state index contributed by atoms with van der Waals surface area (Å²) in [7, 11) is 1.65. The molecule has 0 aromatic carbocycles. The van der Waals surface area contributed by atoms with Gasteiger partial charge < -0.3 is 10.5 Å². The topological polar surface area (TPSA) is 53.1 Å². The first kappa shape index (κ1) is 8.07. The van der Waals surface area contributed by atoms with E-state index in [2.05, 4.69) is 5.10 Å². The summed E-state index contributed by atoms with van der Waals surface area (Å²) < 4.78 is 6.80. The van der Waals surface area contributed by atoms with Crippen LogP contribution in [0.4, 0.5) is 5.69 Å². The lowest BCUT2D eigenvalue weighted by atomic mass is 10.4. The summed E-state index contributed by atoms with van der Waals surface area (Å²) in [6.07, 6.45) is 1.65. The summed E-state index contributed by atoms with van der Waals surface area (Å²) in [6.45, 7) is 3.38. The number of aromatic nitrogens is 2. The van der Waals surface area contributed by atoms with Crippen LogP contribution in [-0.2, 0) is 17.9 Å². The van der Waals surface area contributed by atoms with Crippen LogP contribution in [0.25, 0.3) is 0 Å². The Bertz CT molecular complexity index is 232. The number of hydrogen-bond acceptors (Lipinski definition) is 3. The van der Waals surface area contributed by atoms with Crippen molar-refractivity contribution in [3.05, 3.63) is 11.9 Å². The van der Waals surface area contributed by atoms with Gasteiger partial charge in [0.05, 0.1) is 24.2 Å². The molecule has 0 fully saturated rings. The molecule has 0 unspecified atom stereocenters. The quantitative estimate of drug-likeness (QED) is 0.696. The molecule has 62 valence electrons. The average molecular weight is 155 g/mol. The highest BCUT2D eigenvalue weighted by Crippen LogP contribution is 2.10. The molecular formula is C7H13N3O. The van der Waals surface area contributed by atoms with Gasteiger partial charge in [-0.1, -0.05) is 0 Å². The Labute approximate surface area is 66.0 Å². The van der Waals surface area contributed by atoms with Gasteiger partial charge in [0.15, 0.2) is 0 Å². The highest BCUT2D eigenvalue weighted by Gasteiger charge is 2.04. The summed E-state index contributed by atoms with van der Waals surface area (Å²) in [5, 5.41) is 4.06. The minimum atomic E-state index is 0.527. The number of rotatable bonds is 3. The lowest BCUT2D eigenvalue weighted by molar-refractivity contribution is 0.177. The van der Waals surface area contributed by atoms with Crippen LogP contribution in [0, 0.1) is 0 Å². The third-order valence-corrected chi connectivity index (χ3v) is 1.56. The van der Waals surface area contributed by atoms with Gasteiger partial charge in [0.1, 0.15) is 0 Å². The van der Waals surface area contributed by atoms with Crippen molar-refractivity contribution in [2.75, 3.05) is 12.8 Å². The second-order valence-corrected chi connectivity index (χ2v) is 2.30. The highest BCUT2D eigenvalue weighted by atomic mass is 16.5. The molecule has 1 aromatic heterocycles. The molecule has 0 radical (unpaired) electrons. The SMILES string of the molecule is CCn1ncc(N)c1COC. The Hall–Kier alpha value is -1.03. The molecule has 0 spiro atoms. The molecule has 0 aliphatic heterocycles. The number of ether oxygens (including phenoxy) is 1. The molecule has 0 atom stereocenters. The summed E-state index contributed by atoms with van der Waals surface area (Å²) in [5.41, 5.74) is 7.30. The van der Waals surface area contributed by atoms with Crippen molar-refractivity contribution in [1.82, 2.24) is 9.78 Å². The maximum absolute atomic E-state index is 5.64. The Balaban J connectivity index is 2.88. The molecule has 1 aromatic rings. The summed E-state index contributed by atoms with van der Waals surface area (Å²) in [4.78, 5) is 0. The van der Waals surface area contributed by atoms with Gasteiger partial charge in [-0.2, -0.15) is 5.10 Å². The van der Waals surface area contributed by atoms with Crippen LogP contribution in [0.15, 0.2) is 6.20 Å². The standard InChI is InChI=1S/C7H13N3O/c1-3-10-7(5-11-2)6(8)4-9-10/h4H,3,5,8H2,1-2H3. The minimum Gasteiger partial charge on any atom is -0.396 e. The van der Waals surface area contributed by atoms with E-state index in [0.29, 0.717) is 12.3 Å². The van der Waals surface area contributed by atoms with Gasteiger partial charge in [0.2, 0.25) is 0 Å². The molecular weight excluding hydrogens is 142 g/mol. The van der Waals surface area contributed by atoms with Crippen LogP contribution in [0.1, 0.15) is 12.6 Å². The van der Waals surface area contributed by atoms with Gasteiger partial charge in [-0.25, -0.2) is 0 Å². The Morgan fingerprint density at radius 1 is 1.73 bits per heavy atom.